The molecule has 110 valence electrons. The lowest BCUT2D eigenvalue weighted by atomic mass is 9.89. The van der Waals surface area contributed by atoms with E-state index in [0.29, 0.717) is 0 Å². The molecule has 0 aliphatic carbocycles. The summed E-state index contributed by atoms with van der Waals surface area (Å²) < 4.78 is 0. The Hall–Kier alpha value is -0.120. The molecule has 3 heteroatoms. The van der Waals surface area contributed by atoms with Crippen molar-refractivity contribution in [2.24, 2.45) is 5.92 Å². The second-order valence-electron chi connectivity index (χ2n) is 7.28. The van der Waals surface area contributed by atoms with Crippen LogP contribution in [-0.4, -0.2) is 61.7 Å². The fourth-order valence-electron chi connectivity index (χ4n) is 4.42. The Morgan fingerprint density at radius 3 is 2.32 bits per heavy atom. The first-order chi connectivity index (χ1) is 9.20. The first-order valence-electron chi connectivity index (χ1n) is 8.35. The van der Waals surface area contributed by atoms with Crippen LogP contribution in [0.4, 0.5) is 0 Å². The average Bonchev–Trinajstić information content (AvgIpc) is 2.76. The molecule has 3 rings (SSSR count). The molecule has 2 bridgehead atoms. The molecular formula is C16H31N3. The van der Waals surface area contributed by atoms with E-state index in [1.54, 1.807) is 0 Å². The summed E-state index contributed by atoms with van der Waals surface area (Å²) in [6.07, 6.45) is 9.92. The van der Waals surface area contributed by atoms with Gasteiger partial charge in [0, 0.05) is 18.1 Å². The first-order valence-corrected chi connectivity index (χ1v) is 8.35. The minimum Gasteiger partial charge on any atom is -0.311 e. The minimum absolute atomic E-state index is 0.842. The third-order valence-electron chi connectivity index (χ3n) is 5.77. The quantitative estimate of drug-likeness (QED) is 0.838. The Kier molecular flexibility index (Phi) is 4.45. The molecule has 3 nitrogen and oxygen atoms in total. The van der Waals surface area contributed by atoms with Gasteiger partial charge in [0.1, 0.15) is 0 Å². The molecule has 0 aromatic carbocycles. The number of hydrogen-bond acceptors (Lipinski definition) is 3. The van der Waals surface area contributed by atoms with Gasteiger partial charge in [0.2, 0.25) is 0 Å². The van der Waals surface area contributed by atoms with Crippen LogP contribution >= 0.6 is 0 Å². The highest BCUT2D eigenvalue weighted by molar-refractivity contribution is 4.92. The van der Waals surface area contributed by atoms with Crippen molar-refractivity contribution >= 4 is 0 Å². The molecule has 2 atom stereocenters. The summed E-state index contributed by atoms with van der Waals surface area (Å²) >= 11 is 0. The number of fused-ring (bicyclic) bond motifs is 2. The first kappa shape index (κ1) is 13.8. The van der Waals surface area contributed by atoms with Crippen molar-refractivity contribution in [2.75, 3.05) is 33.7 Å². The highest BCUT2D eigenvalue weighted by Gasteiger charge is 2.33. The molecule has 0 aromatic heterocycles. The second kappa shape index (κ2) is 6.11. The van der Waals surface area contributed by atoms with Crippen LogP contribution in [0, 0.1) is 5.92 Å². The van der Waals surface area contributed by atoms with Gasteiger partial charge in [-0.2, -0.15) is 0 Å². The predicted molar refractivity (Wildman–Crippen MR) is 80.4 cm³/mol. The van der Waals surface area contributed by atoms with Crippen molar-refractivity contribution in [1.29, 1.82) is 0 Å². The van der Waals surface area contributed by atoms with Gasteiger partial charge in [-0.3, -0.25) is 0 Å². The van der Waals surface area contributed by atoms with E-state index < -0.39 is 0 Å². The highest BCUT2D eigenvalue weighted by Crippen LogP contribution is 2.32. The summed E-state index contributed by atoms with van der Waals surface area (Å²) in [4.78, 5) is 5.12. The van der Waals surface area contributed by atoms with Gasteiger partial charge >= 0.3 is 0 Å². The second-order valence-corrected chi connectivity index (χ2v) is 7.28. The number of rotatable bonds is 4. The molecule has 3 aliphatic heterocycles. The molecule has 0 saturated carbocycles. The van der Waals surface area contributed by atoms with Crippen molar-refractivity contribution in [1.82, 2.24) is 15.1 Å². The summed E-state index contributed by atoms with van der Waals surface area (Å²) in [6, 6.07) is 2.56. The summed E-state index contributed by atoms with van der Waals surface area (Å²) in [5, 5.41) is 3.76. The molecule has 1 N–H and O–H groups in total. The van der Waals surface area contributed by atoms with E-state index in [4.69, 9.17) is 0 Å². The fourth-order valence-corrected chi connectivity index (χ4v) is 4.42. The maximum Gasteiger partial charge on any atom is 0.0117 e. The predicted octanol–water partition coefficient (Wildman–Crippen LogP) is 1.93. The molecule has 19 heavy (non-hydrogen) atoms. The topological polar surface area (TPSA) is 18.5 Å². The number of nitrogens with one attached hydrogen (secondary N) is 1. The van der Waals surface area contributed by atoms with Crippen LogP contribution in [0.15, 0.2) is 0 Å². The minimum atomic E-state index is 0.842. The molecule has 0 amide bonds. The summed E-state index contributed by atoms with van der Waals surface area (Å²) in [7, 11) is 4.60. The smallest absolute Gasteiger partial charge is 0.0117 e. The van der Waals surface area contributed by atoms with Crippen LogP contribution in [-0.2, 0) is 0 Å². The van der Waals surface area contributed by atoms with Gasteiger partial charge in [-0.1, -0.05) is 0 Å². The van der Waals surface area contributed by atoms with E-state index in [1.165, 1.54) is 64.6 Å². The Balaban J connectivity index is 1.39. The highest BCUT2D eigenvalue weighted by atomic mass is 15.2. The van der Waals surface area contributed by atoms with Gasteiger partial charge in [-0.15, -0.1) is 0 Å². The lowest BCUT2D eigenvalue weighted by molar-refractivity contribution is 0.133. The van der Waals surface area contributed by atoms with Crippen molar-refractivity contribution in [3.05, 3.63) is 0 Å². The molecule has 3 heterocycles. The van der Waals surface area contributed by atoms with Gasteiger partial charge in [0.15, 0.2) is 0 Å². The SMILES string of the molecule is CN1CCC(N(C)CCC2CC3CCC(C2)N3)CC1. The van der Waals surface area contributed by atoms with E-state index in [9.17, 15) is 0 Å². The lowest BCUT2D eigenvalue weighted by Crippen LogP contribution is -2.43. The van der Waals surface area contributed by atoms with Gasteiger partial charge in [-0.25, -0.2) is 0 Å². The molecule has 2 unspecified atom stereocenters. The molecule has 3 saturated heterocycles. The molecular weight excluding hydrogens is 234 g/mol. The normalized spacial score (nSPS) is 37.1. The molecule has 3 fully saturated rings. The van der Waals surface area contributed by atoms with E-state index >= 15 is 0 Å². The van der Waals surface area contributed by atoms with Crippen LogP contribution in [0.2, 0.25) is 0 Å². The third kappa shape index (κ3) is 3.50. The fraction of sp³-hybridized carbons (Fsp3) is 1.00. The average molecular weight is 265 g/mol. The Morgan fingerprint density at radius 1 is 1.05 bits per heavy atom. The Bertz CT molecular complexity index is 274. The molecule has 0 spiro atoms. The van der Waals surface area contributed by atoms with E-state index in [2.05, 4.69) is 29.2 Å². The number of hydrogen-bond donors (Lipinski definition) is 1. The van der Waals surface area contributed by atoms with Crippen LogP contribution < -0.4 is 5.32 Å². The zero-order valence-corrected chi connectivity index (χ0v) is 12.8. The zero-order valence-electron chi connectivity index (χ0n) is 12.8. The van der Waals surface area contributed by atoms with Crippen LogP contribution in [0.1, 0.15) is 44.9 Å². The van der Waals surface area contributed by atoms with Gasteiger partial charge < -0.3 is 15.1 Å². The maximum atomic E-state index is 3.76. The van der Waals surface area contributed by atoms with Gasteiger partial charge in [-0.05, 0) is 84.6 Å². The Morgan fingerprint density at radius 2 is 1.68 bits per heavy atom. The van der Waals surface area contributed by atoms with Crippen LogP contribution in [0.5, 0.6) is 0 Å². The number of likely N-dealkylation sites (tertiary alicyclic amines) is 1. The van der Waals surface area contributed by atoms with Crippen molar-refractivity contribution in [2.45, 2.75) is 63.1 Å². The Labute approximate surface area is 118 Å². The summed E-state index contributed by atoms with van der Waals surface area (Å²) in [5.41, 5.74) is 0. The van der Waals surface area contributed by atoms with E-state index in [0.717, 1.165) is 24.0 Å². The largest absolute Gasteiger partial charge is 0.311 e. The number of piperidine rings is 2. The van der Waals surface area contributed by atoms with Crippen LogP contribution in [0.25, 0.3) is 0 Å². The number of nitrogens with zero attached hydrogens (tertiary/aromatic N) is 2. The standard InChI is InChI=1S/C16H31N3/c1-18-8-6-16(7-9-18)19(2)10-5-13-11-14-3-4-15(12-13)17-14/h13-17H,3-12H2,1-2H3. The van der Waals surface area contributed by atoms with Crippen molar-refractivity contribution < 1.29 is 0 Å². The zero-order chi connectivity index (χ0) is 13.2. The van der Waals surface area contributed by atoms with Gasteiger partial charge in [0.05, 0.1) is 0 Å². The van der Waals surface area contributed by atoms with Crippen molar-refractivity contribution in [3.63, 3.8) is 0 Å². The molecule has 3 aliphatic rings. The third-order valence-corrected chi connectivity index (χ3v) is 5.77. The lowest BCUT2D eigenvalue weighted by Gasteiger charge is -2.36. The van der Waals surface area contributed by atoms with E-state index in [1.807, 2.05) is 0 Å². The molecule has 0 radical (unpaired) electrons. The van der Waals surface area contributed by atoms with Crippen LogP contribution in [0.3, 0.4) is 0 Å². The van der Waals surface area contributed by atoms with E-state index in [-0.39, 0.29) is 0 Å². The summed E-state index contributed by atoms with van der Waals surface area (Å²) in [5.74, 6) is 0.993. The maximum absolute atomic E-state index is 3.76. The van der Waals surface area contributed by atoms with Crippen molar-refractivity contribution in [3.8, 4) is 0 Å². The van der Waals surface area contributed by atoms with Gasteiger partial charge in [0.25, 0.3) is 0 Å². The molecule has 0 aromatic rings. The summed E-state index contributed by atoms with van der Waals surface area (Å²) in [6.45, 7) is 3.89. The monoisotopic (exact) mass is 265 g/mol.